The highest BCUT2D eigenvalue weighted by atomic mass is 16.5. The number of urea groups is 1. The van der Waals surface area contributed by atoms with Crippen LogP contribution in [0.1, 0.15) is 31.2 Å². The molecule has 0 aliphatic carbocycles. The molecule has 6 heteroatoms. The minimum atomic E-state index is -0.0290. The number of aromatic nitrogens is 2. The first-order chi connectivity index (χ1) is 12.2. The van der Waals surface area contributed by atoms with E-state index in [1.165, 1.54) is 0 Å². The molecule has 6 nitrogen and oxygen atoms in total. The third kappa shape index (κ3) is 3.26. The SMILES string of the molecule is Cc1ccc(-n2cccn2)cc1NC(=O)N1CCC[C@@H]1[C@H]1CCCO1. The topological polar surface area (TPSA) is 59.4 Å². The number of nitrogens with zero attached hydrogens (tertiary/aromatic N) is 3. The molecule has 0 saturated carbocycles. The number of carbonyl (C=O) groups excluding carboxylic acids is 1. The van der Waals surface area contributed by atoms with Crippen molar-refractivity contribution in [3.8, 4) is 5.69 Å². The molecule has 25 heavy (non-hydrogen) atoms. The van der Waals surface area contributed by atoms with Crippen LogP contribution >= 0.6 is 0 Å². The van der Waals surface area contributed by atoms with E-state index in [-0.39, 0.29) is 18.2 Å². The number of anilines is 1. The van der Waals surface area contributed by atoms with E-state index in [0.29, 0.717) is 0 Å². The summed E-state index contributed by atoms with van der Waals surface area (Å²) in [5, 5.41) is 7.35. The first-order valence-electron chi connectivity index (χ1n) is 9.02. The average molecular weight is 340 g/mol. The van der Waals surface area contributed by atoms with Gasteiger partial charge in [0.25, 0.3) is 0 Å². The van der Waals surface area contributed by atoms with Crippen molar-refractivity contribution in [1.82, 2.24) is 14.7 Å². The number of rotatable bonds is 3. The first-order valence-corrected chi connectivity index (χ1v) is 9.02. The Bertz CT molecular complexity index is 738. The largest absolute Gasteiger partial charge is 0.376 e. The van der Waals surface area contributed by atoms with E-state index >= 15 is 0 Å². The predicted octanol–water partition coefficient (Wildman–Crippen LogP) is 3.36. The van der Waals surface area contributed by atoms with Crippen LogP contribution < -0.4 is 5.32 Å². The molecule has 3 heterocycles. The number of likely N-dealkylation sites (tertiary alicyclic amines) is 1. The average Bonchev–Trinajstić information content (AvgIpc) is 3.37. The highest BCUT2D eigenvalue weighted by Gasteiger charge is 2.36. The summed E-state index contributed by atoms with van der Waals surface area (Å²) in [6, 6.07) is 8.04. The van der Waals surface area contributed by atoms with Gasteiger partial charge >= 0.3 is 6.03 Å². The maximum atomic E-state index is 12.9. The molecule has 2 saturated heterocycles. The molecule has 0 unspecified atom stereocenters. The predicted molar refractivity (Wildman–Crippen MR) is 96.0 cm³/mol. The zero-order valence-electron chi connectivity index (χ0n) is 14.5. The third-order valence-electron chi connectivity index (χ3n) is 5.19. The van der Waals surface area contributed by atoms with Gasteiger partial charge in [0.15, 0.2) is 0 Å². The second-order valence-electron chi connectivity index (χ2n) is 6.83. The van der Waals surface area contributed by atoms with Gasteiger partial charge in [-0.1, -0.05) is 6.07 Å². The summed E-state index contributed by atoms with van der Waals surface area (Å²) in [6.07, 6.45) is 8.07. The fourth-order valence-electron chi connectivity index (χ4n) is 3.83. The van der Waals surface area contributed by atoms with Gasteiger partial charge in [-0.2, -0.15) is 5.10 Å². The van der Waals surface area contributed by atoms with Crippen LogP contribution in [0.25, 0.3) is 5.69 Å². The van der Waals surface area contributed by atoms with Gasteiger partial charge in [0, 0.05) is 31.2 Å². The Balaban J connectivity index is 1.51. The molecule has 4 rings (SSSR count). The van der Waals surface area contributed by atoms with Crippen LogP contribution in [0.2, 0.25) is 0 Å². The maximum Gasteiger partial charge on any atom is 0.322 e. The van der Waals surface area contributed by atoms with Crippen molar-refractivity contribution in [3.63, 3.8) is 0 Å². The second-order valence-corrected chi connectivity index (χ2v) is 6.83. The summed E-state index contributed by atoms with van der Waals surface area (Å²) >= 11 is 0. The number of ether oxygens (including phenoxy) is 1. The summed E-state index contributed by atoms with van der Waals surface area (Å²) in [5.41, 5.74) is 2.80. The lowest BCUT2D eigenvalue weighted by molar-refractivity contribution is 0.0543. The quantitative estimate of drug-likeness (QED) is 0.932. The second kappa shape index (κ2) is 6.88. The molecule has 2 atom stereocenters. The minimum absolute atomic E-state index is 0.0290. The molecule has 2 aliphatic heterocycles. The van der Waals surface area contributed by atoms with Gasteiger partial charge in [-0.25, -0.2) is 9.48 Å². The van der Waals surface area contributed by atoms with Crippen molar-refractivity contribution >= 4 is 11.7 Å². The fraction of sp³-hybridized carbons (Fsp3) is 0.474. The van der Waals surface area contributed by atoms with Gasteiger partial charge in [0.1, 0.15) is 0 Å². The number of amides is 2. The third-order valence-corrected chi connectivity index (χ3v) is 5.19. The maximum absolute atomic E-state index is 12.9. The number of nitrogens with one attached hydrogen (secondary N) is 1. The lowest BCUT2D eigenvalue weighted by atomic mass is 10.1. The van der Waals surface area contributed by atoms with Gasteiger partial charge in [0.05, 0.1) is 17.8 Å². The number of carbonyl (C=O) groups is 1. The van der Waals surface area contributed by atoms with Crippen LogP contribution in [0, 0.1) is 6.92 Å². The molecule has 1 aromatic heterocycles. The van der Waals surface area contributed by atoms with E-state index < -0.39 is 0 Å². The smallest absolute Gasteiger partial charge is 0.322 e. The monoisotopic (exact) mass is 340 g/mol. The minimum Gasteiger partial charge on any atom is -0.376 e. The summed E-state index contributed by atoms with van der Waals surface area (Å²) < 4.78 is 7.62. The van der Waals surface area contributed by atoms with Gasteiger partial charge in [-0.3, -0.25) is 0 Å². The Kier molecular flexibility index (Phi) is 4.44. The molecule has 2 aromatic rings. The van der Waals surface area contributed by atoms with Crippen molar-refractivity contribution in [2.75, 3.05) is 18.5 Å². The van der Waals surface area contributed by atoms with E-state index in [0.717, 1.165) is 55.8 Å². The Labute approximate surface area is 147 Å². The van der Waals surface area contributed by atoms with Crippen molar-refractivity contribution in [2.45, 2.75) is 44.8 Å². The fourth-order valence-corrected chi connectivity index (χ4v) is 3.83. The van der Waals surface area contributed by atoms with Crippen LogP contribution in [0.4, 0.5) is 10.5 Å². The zero-order chi connectivity index (χ0) is 17.2. The standard InChI is InChI=1S/C19H24N4O2/c1-14-7-8-15(23-11-4-9-20-23)13-16(14)21-19(24)22-10-2-5-17(22)18-6-3-12-25-18/h4,7-9,11,13,17-18H,2-3,5-6,10,12H2,1H3,(H,21,24)/t17-,18-/m1/s1. The van der Waals surface area contributed by atoms with E-state index in [4.69, 9.17) is 4.74 Å². The molecule has 1 N–H and O–H groups in total. The highest BCUT2D eigenvalue weighted by Crippen LogP contribution is 2.29. The Hall–Kier alpha value is -2.34. The Morgan fingerprint density at radius 1 is 1.32 bits per heavy atom. The van der Waals surface area contributed by atoms with Crippen LogP contribution in [0.3, 0.4) is 0 Å². The van der Waals surface area contributed by atoms with Crippen LogP contribution in [0.15, 0.2) is 36.7 Å². The molecular formula is C19H24N4O2. The molecule has 0 spiro atoms. The zero-order valence-corrected chi connectivity index (χ0v) is 14.5. The molecule has 1 aromatic carbocycles. The molecule has 2 aliphatic rings. The number of hydrogen-bond acceptors (Lipinski definition) is 3. The molecule has 0 radical (unpaired) electrons. The van der Waals surface area contributed by atoms with Crippen LogP contribution in [-0.2, 0) is 4.74 Å². The highest BCUT2D eigenvalue weighted by molar-refractivity contribution is 5.91. The van der Waals surface area contributed by atoms with Crippen molar-refractivity contribution < 1.29 is 9.53 Å². The van der Waals surface area contributed by atoms with E-state index in [1.807, 2.05) is 42.3 Å². The summed E-state index contributed by atoms with van der Waals surface area (Å²) in [7, 11) is 0. The van der Waals surface area contributed by atoms with Crippen molar-refractivity contribution in [1.29, 1.82) is 0 Å². The molecule has 0 bridgehead atoms. The van der Waals surface area contributed by atoms with Crippen molar-refractivity contribution in [3.05, 3.63) is 42.2 Å². The summed E-state index contributed by atoms with van der Waals surface area (Å²) in [4.78, 5) is 14.8. The normalized spacial score (nSPS) is 23.2. The Morgan fingerprint density at radius 3 is 3.00 bits per heavy atom. The number of hydrogen-bond donors (Lipinski definition) is 1. The number of aryl methyl sites for hydroxylation is 1. The molecule has 2 amide bonds. The lowest BCUT2D eigenvalue weighted by Crippen LogP contribution is -2.44. The number of benzene rings is 1. The van der Waals surface area contributed by atoms with Gasteiger partial charge in [-0.05, 0) is 56.4 Å². The van der Waals surface area contributed by atoms with Gasteiger partial charge in [0.2, 0.25) is 0 Å². The molecule has 132 valence electrons. The van der Waals surface area contributed by atoms with Crippen LogP contribution in [0.5, 0.6) is 0 Å². The van der Waals surface area contributed by atoms with Gasteiger partial charge < -0.3 is 15.0 Å². The molecular weight excluding hydrogens is 316 g/mol. The van der Waals surface area contributed by atoms with E-state index in [9.17, 15) is 4.79 Å². The van der Waals surface area contributed by atoms with E-state index in [1.54, 1.807) is 10.9 Å². The molecule has 2 fully saturated rings. The lowest BCUT2D eigenvalue weighted by Gasteiger charge is -2.29. The summed E-state index contributed by atoms with van der Waals surface area (Å²) in [5.74, 6) is 0. The summed E-state index contributed by atoms with van der Waals surface area (Å²) in [6.45, 7) is 3.62. The van der Waals surface area contributed by atoms with Crippen LogP contribution in [-0.4, -0.2) is 46.0 Å². The first kappa shape index (κ1) is 16.1. The van der Waals surface area contributed by atoms with Gasteiger partial charge in [-0.15, -0.1) is 0 Å². The Morgan fingerprint density at radius 2 is 2.24 bits per heavy atom. The van der Waals surface area contributed by atoms with E-state index in [2.05, 4.69) is 10.4 Å². The van der Waals surface area contributed by atoms with Crippen molar-refractivity contribution in [2.24, 2.45) is 0 Å².